The fraction of sp³-hybridized carbons (Fsp3) is 0.200. The van der Waals surface area contributed by atoms with Gasteiger partial charge in [0.15, 0.2) is 0 Å². The standard InChI is InChI=1S/C30H32OP/c1-5-28-24(3)29(23(2)21-30(28)31-4)22-32(25-15-9-6-10-16-25,26-17-11-7-12-18-26)27-19-13-8-14-20-27/h6-21H,5,22H2,1-4H3/q+1. The highest BCUT2D eigenvalue weighted by Gasteiger charge is 2.46. The van der Waals surface area contributed by atoms with Crippen LogP contribution in [0.2, 0.25) is 0 Å². The molecule has 2 heteroatoms. The molecule has 0 N–H and O–H groups in total. The Balaban J connectivity index is 2.04. The molecule has 0 heterocycles. The maximum atomic E-state index is 5.75. The van der Waals surface area contributed by atoms with E-state index in [1.165, 1.54) is 38.2 Å². The Hall–Kier alpha value is -2.89. The van der Waals surface area contributed by atoms with E-state index in [0.717, 1.165) is 18.3 Å². The van der Waals surface area contributed by atoms with Gasteiger partial charge in [-0.3, -0.25) is 0 Å². The van der Waals surface area contributed by atoms with Gasteiger partial charge in [-0.05, 0) is 85.0 Å². The van der Waals surface area contributed by atoms with Crippen molar-refractivity contribution in [2.75, 3.05) is 7.11 Å². The summed E-state index contributed by atoms with van der Waals surface area (Å²) in [5.41, 5.74) is 5.45. The first-order chi connectivity index (χ1) is 15.6. The van der Waals surface area contributed by atoms with Crippen LogP contribution in [0.3, 0.4) is 0 Å². The van der Waals surface area contributed by atoms with E-state index >= 15 is 0 Å². The number of hydrogen-bond donors (Lipinski definition) is 0. The molecular formula is C30H32OP+. The molecular weight excluding hydrogens is 407 g/mol. The molecule has 0 aromatic heterocycles. The predicted molar refractivity (Wildman–Crippen MR) is 141 cm³/mol. The fourth-order valence-corrected chi connectivity index (χ4v) is 9.35. The van der Waals surface area contributed by atoms with Gasteiger partial charge in [-0.15, -0.1) is 0 Å². The molecule has 0 fully saturated rings. The molecule has 0 aliphatic heterocycles. The van der Waals surface area contributed by atoms with Crippen molar-refractivity contribution in [3.8, 4) is 5.75 Å². The van der Waals surface area contributed by atoms with Gasteiger partial charge in [-0.2, -0.15) is 0 Å². The molecule has 0 saturated carbocycles. The molecule has 0 unspecified atom stereocenters. The molecule has 4 rings (SSSR count). The zero-order valence-electron chi connectivity index (χ0n) is 19.5. The maximum absolute atomic E-state index is 5.75. The van der Waals surface area contributed by atoms with Crippen molar-refractivity contribution >= 4 is 23.2 Å². The third kappa shape index (κ3) is 3.98. The van der Waals surface area contributed by atoms with Gasteiger partial charge in [-0.25, -0.2) is 0 Å². The molecule has 162 valence electrons. The number of methoxy groups -OCH3 is 1. The monoisotopic (exact) mass is 439 g/mol. The Kier molecular flexibility index (Phi) is 6.77. The van der Waals surface area contributed by atoms with Crippen LogP contribution >= 0.6 is 7.26 Å². The third-order valence-electron chi connectivity index (χ3n) is 6.59. The smallest absolute Gasteiger partial charge is 0.122 e. The number of aryl methyl sites for hydroxylation is 1. The van der Waals surface area contributed by atoms with Gasteiger partial charge in [0.25, 0.3) is 0 Å². The largest absolute Gasteiger partial charge is 0.496 e. The SMILES string of the molecule is CCc1c(OC)cc(C)c(C[P+](c2ccccc2)(c2ccccc2)c2ccccc2)c1C. The fourth-order valence-electron chi connectivity index (χ4n) is 4.90. The Morgan fingerprint density at radius 2 is 1.09 bits per heavy atom. The van der Waals surface area contributed by atoms with Gasteiger partial charge >= 0.3 is 0 Å². The molecule has 4 aromatic carbocycles. The minimum Gasteiger partial charge on any atom is -0.496 e. The van der Waals surface area contributed by atoms with Crippen LogP contribution in [0.25, 0.3) is 0 Å². The zero-order valence-corrected chi connectivity index (χ0v) is 20.4. The summed E-state index contributed by atoms with van der Waals surface area (Å²) in [5.74, 6) is 1.01. The van der Waals surface area contributed by atoms with E-state index in [2.05, 4.69) is 118 Å². The van der Waals surface area contributed by atoms with Crippen molar-refractivity contribution < 1.29 is 4.74 Å². The van der Waals surface area contributed by atoms with E-state index in [0.29, 0.717) is 0 Å². The third-order valence-corrected chi connectivity index (χ3v) is 10.9. The first-order valence-electron chi connectivity index (χ1n) is 11.3. The van der Waals surface area contributed by atoms with Crippen LogP contribution in [0.15, 0.2) is 97.1 Å². The van der Waals surface area contributed by atoms with Gasteiger partial charge in [0, 0.05) is 0 Å². The lowest BCUT2D eigenvalue weighted by Gasteiger charge is -2.29. The van der Waals surface area contributed by atoms with Crippen LogP contribution in [0, 0.1) is 13.8 Å². The van der Waals surface area contributed by atoms with Crippen molar-refractivity contribution in [3.05, 3.63) is 119 Å². The highest BCUT2D eigenvalue weighted by molar-refractivity contribution is 7.95. The summed E-state index contributed by atoms with van der Waals surface area (Å²) in [6.45, 7) is 6.73. The van der Waals surface area contributed by atoms with Gasteiger partial charge in [-0.1, -0.05) is 61.5 Å². The zero-order chi connectivity index (χ0) is 22.6. The molecule has 32 heavy (non-hydrogen) atoms. The second-order valence-electron chi connectivity index (χ2n) is 8.31. The summed E-state index contributed by atoms with van der Waals surface area (Å²) in [7, 11) is -0.144. The van der Waals surface area contributed by atoms with Crippen LogP contribution in [0.4, 0.5) is 0 Å². The first-order valence-corrected chi connectivity index (χ1v) is 13.3. The second-order valence-corrected chi connectivity index (χ2v) is 11.8. The number of benzene rings is 4. The van der Waals surface area contributed by atoms with Gasteiger partial charge < -0.3 is 4.74 Å². The van der Waals surface area contributed by atoms with E-state index in [1.807, 2.05) is 0 Å². The van der Waals surface area contributed by atoms with Crippen LogP contribution in [-0.4, -0.2) is 7.11 Å². The minimum atomic E-state index is -1.92. The number of hydrogen-bond acceptors (Lipinski definition) is 1. The van der Waals surface area contributed by atoms with Crippen LogP contribution in [-0.2, 0) is 12.6 Å². The van der Waals surface area contributed by atoms with Crippen molar-refractivity contribution in [1.29, 1.82) is 0 Å². The summed E-state index contributed by atoms with van der Waals surface area (Å²) in [5, 5.41) is 4.26. The lowest BCUT2D eigenvalue weighted by Crippen LogP contribution is -2.32. The minimum absolute atomic E-state index is 0.968. The highest BCUT2D eigenvalue weighted by atomic mass is 31.2. The van der Waals surface area contributed by atoms with Gasteiger partial charge in [0.05, 0.1) is 13.3 Å². The van der Waals surface area contributed by atoms with Crippen LogP contribution in [0.1, 0.15) is 29.2 Å². The summed E-state index contributed by atoms with van der Waals surface area (Å²) < 4.78 is 5.75. The van der Waals surface area contributed by atoms with Crippen LogP contribution in [0.5, 0.6) is 5.75 Å². The summed E-state index contributed by atoms with van der Waals surface area (Å²) in [6.07, 6.45) is 1.97. The predicted octanol–water partition coefficient (Wildman–Crippen LogP) is 6.37. The summed E-state index contributed by atoms with van der Waals surface area (Å²) in [4.78, 5) is 0. The number of rotatable bonds is 7. The lowest BCUT2D eigenvalue weighted by molar-refractivity contribution is 0.409. The van der Waals surface area contributed by atoms with Crippen LogP contribution < -0.4 is 20.7 Å². The van der Waals surface area contributed by atoms with Crippen molar-refractivity contribution in [1.82, 2.24) is 0 Å². The molecule has 0 amide bonds. The molecule has 0 saturated heterocycles. The molecule has 0 bridgehead atoms. The maximum Gasteiger partial charge on any atom is 0.122 e. The molecule has 0 aliphatic carbocycles. The van der Waals surface area contributed by atoms with E-state index < -0.39 is 7.26 Å². The van der Waals surface area contributed by atoms with E-state index in [4.69, 9.17) is 4.74 Å². The molecule has 4 aromatic rings. The number of ether oxygens (including phenoxy) is 1. The van der Waals surface area contributed by atoms with Crippen molar-refractivity contribution in [2.45, 2.75) is 33.4 Å². The quantitative estimate of drug-likeness (QED) is 0.304. The van der Waals surface area contributed by atoms with Gasteiger partial charge in [0.1, 0.15) is 28.9 Å². The summed E-state index contributed by atoms with van der Waals surface area (Å²) in [6, 6.07) is 35.6. The molecule has 0 atom stereocenters. The normalized spacial score (nSPS) is 11.4. The first kappa shape index (κ1) is 22.3. The molecule has 1 nitrogen and oxygen atoms in total. The van der Waals surface area contributed by atoms with E-state index in [-0.39, 0.29) is 0 Å². The average Bonchev–Trinajstić information content (AvgIpc) is 2.85. The second kappa shape index (κ2) is 9.72. The Labute approximate surface area is 193 Å². The lowest BCUT2D eigenvalue weighted by atomic mass is 9.96. The van der Waals surface area contributed by atoms with E-state index in [9.17, 15) is 0 Å². The molecule has 0 radical (unpaired) electrons. The average molecular weight is 440 g/mol. The Morgan fingerprint density at radius 1 is 0.656 bits per heavy atom. The highest BCUT2D eigenvalue weighted by Crippen LogP contribution is 2.59. The van der Waals surface area contributed by atoms with Gasteiger partial charge in [0.2, 0.25) is 0 Å². The molecule has 0 spiro atoms. The van der Waals surface area contributed by atoms with Crippen molar-refractivity contribution in [2.24, 2.45) is 0 Å². The Morgan fingerprint density at radius 3 is 1.47 bits per heavy atom. The topological polar surface area (TPSA) is 9.23 Å². The van der Waals surface area contributed by atoms with E-state index in [1.54, 1.807) is 7.11 Å². The Bertz CT molecular complexity index is 1070. The molecule has 0 aliphatic rings. The van der Waals surface area contributed by atoms with Crippen molar-refractivity contribution in [3.63, 3.8) is 0 Å². The summed E-state index contributed by atoms with van der Waals surface area (Å²) >= 11 is 0.